The van der Waals surface area contributed by atoms with Crippen molar-refractivity contribution < 1.29 is 9.50 Å². The molecule has 2 aromatic heterocycles. The number of benzene rings is 2. The Bertz CT molecular complexity index is 1300. The number of rotatable bonds is 4. The first-order chi connectivity index (χ1) is 14.1. The maximum atomic E-state index is 13.7. The summed E-state index contributed by atoms with van der Waals surface area (Å²) >= 11 is 6.22. The van der Waals surface area contributed by atoms with Gasteiger partial charge in [0.15, 0.2) is 5.15 Å². The van der Waals surface area contributed by atoms with Gasteiger partial charge in [-0.25, -0.2) is 14.4 Å². The molecule has 0 aliphatic rings. The van der Waals surface area contributed by atoms with Crippen molar-refractivity contribution in [2.24, 2.45) is 0 Å². The zero-order valence-corrected chi connectivity index (χ0v) is 15.8. The molecule has 0 spiro atoms. The summed E-state index contributed by atoms with van der Waals surface area (Å²) < 4.78 is 15.0. The first-order valence-corrected chi connectivity index (χ1v) is 9.16. The van der Waals surface area contributed by atoms with Crippen LogP contribution in [0.2, 0.25) is 5.15 Å². The van der Waals surface area contributed by atoms with E-state index in [-0.39, 0.29) is 17.1 Å². The average molecular weight is 408 g/mol. The molecule has 0 unspecified atom stereocenters. The quantitative estimate of drug-likeness (QED) is 0.514. The standard InChI is InChI=1S/C22H15ClFN3O2/c23-21-19(5-2-10-25-21)27-20(9-6-14-3-1-4-15(11-14)13-28)26-18-8-7-16(24)12-17(18)22(27)29/h1-12,28H,13H2. The fraction of sp³-hybridized carbons (Fsp3) is 0.0455. The van der Waals surface area contributed by atoms with E-state index in [9.17, 15) is 14.3 Å². The van der Waals surface area contributed by atoms with Gasteiger partial charge in [-0.15, -0.1) is 0 Å². The zero-order valence-electron chi connectivity index (χ0n) is 15.1. The molecule has 5 nitrogen and oxygen atoms in total. The highest BCUT2D eigenvalue weighted by molar-refractivity contribution is 6.31. The van der Waals surface area contributed by atoms with Gasteiger partial charge in [0.05, 0.1) is 23.2 Å². The highest BCUT2D eigenvalue weighted by Crippen LogP contribution is 2.20. The highest BCUT2D eigenvalue weighted by Gasteiger charge is 2.14. The molecule has 2 aromatic carbocycles. The summed E-state index contributed by atoms with van der Waals surface area (Å²) in [5.74, 6) is -0.206. The van der Waals surface area contributed by atoms with E-state index in [2.05, 4.69) is 9.97 Å². The fourth-order valence-electron chi connectivity index (χ4n) is 3.03. The van der Waals surface area contributed by atoms with Gasteiger partial charge in [-0.3, -0.25) is 9.36 Å². The minimum Gasteiger partial charge on any atom is -0.392 e. The molecule has 0 aliphatic carbocycles. The lowest BCUT2D eigenvalue weighted by Gasteiger charge is -2.12. The van der Waals surface area contributed by atoms with Crippen molar-refractivity contribution in [2.75, 3.05) is 0 Å². The Hall–Kier alpha value is -3.35. The molecule has 2 heterocycles. The molecule has 144 valence electrons. The molecule has 0 atom stereocenters. The Morgan fingerprint density at radius 2 is 1.97 bits per heavy atom. The monoisotopic (exact) mass is 407 g/mol. The van der Waals surface area contributed by atoms with E-state index in [1.807, 2.05) is 24.3 Å². The first-order valence-electron chi connectivity index (χ1n) is 8.78. The van der Waals surface area contributed by atoms with Gasteiger partial charge < -0.3 is 5.11 Å². The van der Waals surface area contributed by atoms with Crippen LogP contribution in [0.5, 0.6) is 0 Å². The molecule has 0 bridgehead atoms. The summed E-state index contributed by atoms with van der Waals surface area (Å²) in [5.41, 5.74) is 1.86. The number of pyridine rings is 1. The Kier molecular flexibility index (Phi) is 5.20. The summed E-state index contributed by atoms with van der Waals surface area (Å²) in [5, 5.41) is 9.59. The maximum absolute atomic E-state index is 13.7. The van der Waals surface area contributed by atoms with E-state index in [0.29, 0.717) is 17.0 Å². The Balaban J connectivity index is 1.95. The van der Waals surface area contributed by atoms with E-state index in [4.69, 9.17) is 11.6 Å². The largest absolute Gasteiger partial charge is 0.392 e. The lowest BCUT2D eigenvalue weighted by molar-refractivity contribution is 0.282. The van der Waals surface area contributed by atoms with Crippen LogP contribution in [0.25, 0.3) is 28.7 Å². The third-order valence-electron chi connectivity index (χ3n) is 4.39. The summed E-state index contributed by atoms with van der Waals surface area (Å²) in [6.45, 7) is -0.0720. The molecule has 0 saturated heterocycles. The number of hydrogen-bond donors (Lipinski definition) is 1. The van der Waals surface area contributed by atoms with Crippen LogP contribution in [0, 0.1) is 5.82 Å². The SMILES string of the molecule is O=c1c2cc(F)ccc2nc(C=Cc2cccc(CO)c2)n1-c1cccnc1Cl. The second kappa shape index (κ2) is 7.95. The lowest BCUT2D eigenvalue weighted by Crippen LogP contribution is -2.23. The molecule has 4 aromatic rings. The van der Waals surface area contributed by atoms with Crippen molar-refractivity contribution in [2.45, 2.75) is 6.61 Å². The number of halogens is 2. The van der Waals surface area contributed by atoms with E-state index < -0.39 is 11.4 Å². The smallest absolute Gasteiger partial charge is 0.266 e. The van der Waals surface area contributed by atoms with Crippen LogP contribution >= 0.6 is 11.6 Å². The molecule has 29 heavy (non-hydrogen) atoms. The molecule has 0 fully saturated rings. The Morgan fingerprint density at radius 3 is 2.76 bits per heavy atom. The Labute approximate surface area is 170 Å². The van der Waals surface area contributed by atoms with Gasteiger partial charge in [-0.2, -0.15) is 0 Å². The van der Waals surface area contributed by atoms with E-state index in [1.165, 1.54) is 22.9 Å². The maximum Gasteiger partial charge on any atom is 0.266 e. The van der Waals surface area contributed by atoms with Gasteiger partial charge in [0.2, 0.25) is 0 Å². The predicted molar refractivity (Wildman–Crippen MR) is 111 cm³/mol. The minimum absolute atomic E-state index is 0.0720. The van der Waals surface area contributed by atoms with Crippen molar-refractivity contribution in [3.8, 4) is 5.69 Å². The average Bonchev–Trinajstić information content (AvgIpc) is 2.74. The first kappa shape index (κ1) is 19.0. The molecular formula is C22H15ClFN3O2. The highest BCUT2D eigenvalue weighted by atomic mass is 35.5. The molecular weight excluding hydrogens is 393 g/mol. The van der Waals surface area contributed by atoms with Crippen LogP contribution in [0.3, 0.4) is 0 Å². The van der Waals surface area contributed by atoms with Crippen molar-refractivity contribution in [1.29, 1.82) is 0 Å². The zero-order chi connectivity index (χ0) is 20.4. The van der Waals surface area contributed by atoms with Gasteiger partial charge in [0.1, 0.15) is 11.6 Å². The van der Waals surface area contributed by atoms with Crippen LogP contribution in [-0.2, 0) is 6.61 Å². The molecule has 0 aliphatic heterocycles. The minimum atomic E-state index is -0.524. The summed E-state index contributed by atoms with van der Waals surface area (Å²) in [6, 6.07) is 14.5. The van der Waals surface area contributed by atoms with E-state index in [0.717, 1.165) is 17.2 Å². The van der Waals surface area contributed by atoms with Crippen molar-refractivity contribution >= 4 is 34.7 Å². The number of hydrogen-bond acceptors (Lipinski definition) is 4. The van der Waals surface area contributed by atoms with Gasteiger partial charge in [-0.1, -0.05) is 35.9 Å². The van der Waals surface area contributed by atoms with Crippen LogP contribution in [0.1, 0.15) is 17.0 Å². The fourth-order valence-corrected chi connectivity index (χ4v) is 3.23. The van der Waals surface area contributed by atoms with Gasteiger partial charge >= 0.3 is 0 Å². The third kappa shape index (κ3) is 3.81. The van der Waals surface area contributed by atoms with Crippen LogP contribution in [0.4, 0.5) is 4.39 Å². The lowest BCUT2D eigenvalue weighted by atomic mass is 10.1. The molecule has 0 radical (unpaired) electrons. The van der Waals surface area contributed by atoms with Crippen molar-refractivity contribution in [1.82, 2.24) is 14.5 Å². The van der Waals surface area contributed by atoms with Gasteiger partial charge in [0.25, 0.3) is 5.56 Å². The molecule has 4 rings (SSSR count). The summed E-state index contributed by atoms with van der Waals surface area (Å²) in [4.78, 5) is 21.7. The predicted octanol–water partition coefficient (Wildman–Crippen LogP) is 4.24. The van der Waals surface area contributed by atoms with E-state index in [1.54, 1.807) is 24.3 Å². The van der Waals surface area contributed by atoms with Gasteiger partial charge in [0, 0.05) is 6.20 Å². The normalized spacial score (nSPS) is 11.4. The molecule has 0 amide bonds. The van der Waals surface area contributed by atoms with Crippen LogP contribution in [-0.4, -0.2) is 19.6 Å². The molecule has 0 saturated carbocycles. The van der Waals surface area contributed by atoms with E-state index >= 15 is 0 Å². The van der Waals surface area contributed by atoms with Crippen LogP contribution < -0.4 is 5.56 Å². The number of fused-ring (bicyclic) bond motifs is 1. The summed E-state index contributed by atoms with van der Waals surface area (Å²) in [6.07, 6.45) is 4.96. The van der Waals surface area contributed by atoms with Crippen molar-refractivity contribution in [3.63, 3.8) is 0 Å². The molecule has 7 heteroatoms. The second-order valence-corrected chi connectivity index (χ2v) is 6.68. The second-order valence-electron chi connectivity index (χ2n) is 6.32. The van der Waals surface area contributed by atoms with Gasteiger partial charge in [-0.05, 0) is 53.6 Å². The third-order valence-corrected chi connectivity index (χ3v) is 4.69. The van der Waals surface area contributed by atoms with Crippen LogP contribution in [0.15, 0.2) is 65.6 Å². The number of aliphatic hydroxyl groups excluding tert-OH is 1. The number of aromatic nitrogens is 3. The Morgan fingerprint density at radius 1 is 1.10 bits per heavy atom. The summed E-state index contributed by atoms with van der Waals surface area (Å²) in [7, 11) is 0. The number of aliphatic hydroxyl groups is 1. The number of nitrogens with zero attached hydrogens (tertiary/aromatic N) is 3. The molecule has 1 N–H and O–H groups in total. The van der Waals surface area contributed by atoms with Crippen molar-refractivity contribution in [3.05, 3.63) is 99.1 Å². The topological polar surface area (TPSA) is 68.0 Å².